The summed E-state index contributed by atoms with van der Waals surface area (Å²) in [7, 11) is 2.00. The average Bonchev–Trinajstić information content (AvgIpc) is 2.84. The van der Waals surface area contributed by atoms with Crippen LogP contribution in [-0.4, -0.2) is 21.2 Å². The van der Waals surface area contributed by atoms with Crippen molar-refractivity contribution in [2.24, 2.45) is 7.05 Å². The van der Waals surface area contributed by atoms with Gasteiger partial charge in [0, 0.05) is 18.3 Å². The van der Waals surface area contributed by atoms with Gasteiger partial charge in [-0.25, -0.2) is 9.78 Å². The lowest BCUT2D eigenvalue weighted by Gasteiger charge is -2.19. The largest absolute Gasteiger partial charge is 0.444 e. The monoisotopic (exact) mass is 323 g/mol. The second-order valence-electron chi connectivity index (χ2n) is 6.69. The van der Waals surface area contributed by atoms with E-state index in [-0.39, 0.29) is 0 Å². The van der Waals surface area contributed by atoms with Crippen LogP contribution in [-0.2, 0) is 11.8 Å². The van der Waals surface area contributed by atoms with Gasteiger partial charge in [-0.1, -0.05) is 12.1 Å². The number of amides is 1. The molecule has 0 fully saturated rings. The fourth-order valence-corrected chi connectivity index (χ4v) is 2.53. The van der Waals surface area contributed by atoms with Crippen molar-refractivity contribution in [3.05, 3.63) is 48.5 Å². The molecule has 0 saturated heterocycles. The number of nitrogens with one attached hydrogen (secondary N) is 1. The van der Waals surface area contributed by atoms with Crippen molar-refractivity contribution in [1.82, 2.24) is 9.55 Å². The third-order valence-corrected chi connectivity index (χ3v) is 3.58. The number of para-hydroxylation sites is 2. The highest BCUT2D eigenvalue weighted by atomic mass is 16.6. The Balaban J connectivity index is 1.81. The van der Waals surface area contributed by atoms with Gasteiger partial charge in [-0.3, -0.25) is 5.32 Å². The fourth-order valence-electron chi connectivity index (χ4n) is 2.53. The number of ether oxygens (including phenoxy) is 1. The van der Waals surface area contributed by atoms with E-state index in [1.165, 1.54) is 0 Å². The number of aromatic nitrogens is 2. The van der Waals surface area contributed by atoms with Gasteiger partial charge in [-0.2, -0.15) is 0 Å². The molecule has 5 nitrogen and oxygen atoms in total. The molecule has 124 valence electrons. The number of imidazole rings is 1. The number of carbonyl (C=O) groups excluding carboxylic acids is 1. The van der Waals surface area contributed by atoms with Gasteiger partial charge in [0.15, 0.2) is 0 Å². The normalized spacial score (nSPS) is 11.5. The summed E-state index contributed by atoms with van der Waals surface area (Å²) in [6.07, 6.45) is -0.460. The topological polar surface area (TPSA) is 56.2 Å². The number of hydrogen-bond acceptors (Lipinski definition) is 3. The molecule has 0 atom stereocenters. The quantitative estimate of drug-likeness (QED) is 0.750. The van der Waals surface area contributed by atoms with Crippen LogP contribution in [0.4, 0.5) is 10.5 Å². The summed E-state index contributed by atoms with van der Waals surface area (Å²) in [4.78, 5) is 16.5. The zero-order valence-corrected chi connectivity index (χ0v) is 14.3. The van der Waals surface area contributed by atoms with Crippen LogP contribution in [0.15, 0.2) is 48.5 Å². The molecule has 0 aliphatic heterocycles. The Hall–Kier alpha value is -2.82. The van der Waals surface area contributed by atoms with Crippen LogP contribution in [0.2, 0.25) is 0 Å². The van der Waals surface area contributed by atoms with Crippen LogP contribution >= 0.6 is 0 Å². The molecule has 1 amide bonds. The zero-order valence-electron chi connectivity index (χ0n) is 14.3. The maximum Gasteiger partial charge on any atom is 0.412 e. The van der Waals surface area contributed by atoms with Gasteiger partial charge >= 0.3 is 6.09 Å². The molecule has 1 aromatic heterocycles. The lowest BCUT2D eigenvalue weighted by atomic mass is 10.2. The standard InChI is InChI=1S/C19H21N3O2/c1-19(2,3)24-18(23)20-14-11-9-13(10-12-14)17-21-15-7-5-6-8-16(15)22(17)4/h5-12H,1-4H3,(H,20,23). The van der Waals surface area contributed by atoms with E-state index in [9.17, 15) is 4.79 Å². The molecule has 0 spiro atoms. The maximum atomic E-state index is 11.8. The minimum atomic E-state index is -0.517. The average molecular weight is 323 g/mol. The van der Waals surface area contributed by atoms with Crippen LogP contribution in [0, 0.1) is 0 Å². The van der Waals surface area contributed by atoms with E-state index in [1.807, 2.05) is 76.3 Å². The van der Waals surface area contributed by atoms with E-state index >= 15 is 0 Å². The van der Waals surface area contributed by atoms with Crippen LogP contribution in [0.1, 0.15) is 20.8 Å². The highest BCUT2D eigenvalue weighted by molar-refractivity contribution is 5.85. The highest BCUT2D eigenvalue weighted by Gasteiger charge is 2.16. The van der Waals surface area contributed by atoms with E-state index in [1.54, 1.807) is 0 Å². The summed E-state index contributed by atoms with van der Waals surface area (Å²) in [5.41, 5.74) is 3.21. The number of nitrogens with zero attached hydrogens (tertiary/aromatic N) is 2. The first-order valence-corrected chi connectivity index (χ1v) is 7.85. The molecule has 2 aromatic carbocycles. The number of benzene rings is 2. The molecular formula is C19H21N3O2. The molecular weight excluding hydrogens is 302 g/mol. The number of aryl methyl sites for hydroxylation is 1. The molecule has 1 N–H and O–H groups in total. The summed E-state index contributed by atoms with van der Waals surface area (Å²) < 4.78 is 7.31. The summed E-state index contributed by atoms with van der Waals surface area (Å²) in [6, 6.07) is 15.6. The van der Waals surface area contributed by atoms with Crippen molar-refractivity contribution >= 4 is 22.8 Å². The molecule has 0 aliphatic rings. The molecule has 3 aromatic rings. The Bertz CT molecular complexity index is 874. The van der Waals surface area contributed by atoms with Gasteiger partial charge in [0.2, 0.25) is 0 Å². The first-order chi connectivity index (χ1) is 11.3. The molecule has 0 saturated carbocycles. The summed E-state index contributed by atoms with van der Waals surface area (Å²) in [6.45, 7) is 5.50. The lowest BCUT2D eigenvalue weighted by molar-refractivity contribution is 0.0636. The summed E-state index contributed by atoms with van der Waals surface area (Å²) >= 11 is 0. The summed E-state index contributed by atoms with van der Waals surface area (Å²) in [5, 5.41) is 2.73. The van der Waals surface area contributed by atoms with Crippen LogP contribution < -0.4 is 5.32 Å². The predicted octanol–water partition coefficient (Wildman–Crippen LogP) is 4.59. The van der Waals surface area contributed by atoms with Crippen molar-refractivity contribution in [3.63, 3.8) is 0 Å². The molecule has 3 rings (SSSR count). The van der Waals surface area contributed by atoms with E-state index in [2.05, 4.69) is 14.9 Å². The van der Waals surface area contributed by atoms with Crippen LogP contribution in [0.3, 0.4) is 0 Å². The van der Waals surface area contributed by atoms with E-state index < -0.39 is 11.7 Å². The highest BCUT2D eigenvalue weighted by Crippen LogP contribution is 2.24. The van der Waals surface area contributed by atoms with Gasteiger partial charge in [0.1, 0.15) is 11.4 Å². The minimum absolute atomic E-state index is 0.460. The lowest BCUT2D eigenvalue weighted by Crippen LogP contribution is -2.27. The zero-order chi connectivity index (χ0) is 17.3. The molecule has 0 radical (unpaired) electrons. The predicted molar refractivity (Wildman–Crippen MR) is 96.0 cm³/mol. The van der Waals surface area contributed by atoms with E-state index in [4.69, 9.17) is 4.74 Å². The molecule has 5 heteroatoms. The van der Waals surface area contributed by atoms with E-state index in [0.717, 1.165) is 22.4 Å². The second kappa shape index (κ2) is 6.00. The third kappa shape index (κ3) is 3.40. The SMILES string of the molecule is Cn1c(-c2ccc(NC(=O)OC(C)(C)C)cc2)nc2ccccc21. The molecule has 24 heavy (non-hydrogen) atoms. The number of anilines is 1. The molecule has 1 heterocycles. The van der Waals surface area contributed by atoms with Crippen molar-refractivity contribution in [1.29, 1.82) is 0 Å². The Morgan fingerprint density at radius 3 is 2.38 bits per heavy atom. The number of fused-ring (bicyclic) bond motifs is 1. The van der Waals surface area contributed by atoms with Gasteiger partial charge in [0.05, 0.1) is 11.0 Å². The molecule has 0 bridgehead atoms. The van der Waals surface area contributed by atoms with Crippen LogP contribution in [0.5, 0.6) is 0 Å². The Labute approximate surface area is 141 Å². The van der Waals surface area contributed by atoms with E-state index in [0.29, 0.717) is 5.69 Å². The minimum Gasteiger partial charge on any atom is -0.444 e. The number of hydrogen-bond donors (Lipinski definition) is 1. The van der Waals surface area contributed by atoms with Gasteiger partial charge in [-0.05, 0) is 57.2 Å². The van der Waals surface area contributed by atoms with Crippen molar-refractivity contribution in [2.45, 2.75) is 26.4 Å². The Morgan fingerprint density at radius 1 is 1.08 bits per heavy atom. The maximum absolute atomic E-state index is 11.8. The molecule has 0 aliphatic carbocycles. The Morgan fingerprint density at radius 2 is 1.75 bits per heavy atom. The van der Waals surface area contributed by atoms with Crippen molar-refractivity contribution in [2.75, 3.05) is 5.32 Å². The number of rotatable bonds is 2. The van der Waals surface area contributed by atoms with Gasteiger partial charge < -0.3 is 9.30 Å². The van der Waals surface area contributed by atoms with Crippen LogP contribution in [0.25, 0.3) is 22.4 Å². The summed E-state index contributed by atoms with van der Waals surface area (Å²) in [5.74, 6) is 0.889. The first kappa shape index (κ1) is 16.1. The second-order valence-corrected chi connectivity index (χ2v) is 6.69. The van der Waals surface area contributed by atoms with Gasteiger partial charge in [0.25, 0.3) is 0 Å². The van der Waals surface area contributed by atoms with Crippen molar-refractivity contribution in [3.8, 4) is 11.4 Å². The Kier molecular flexibility index (Phi) is 4.01. The van der Waals surface area contributed by atoms with Crippen molar-refractivity contribution < 1.29 is 9.53 Å². The van der Waals surface area contributed by atoms with Gasteiger partial charge in [-0.15, -0.1) is 0 Å². The smallest absolute Gasteiger partial charge is 0.412 e. The first-order valence-electron chi connectivity index (χ1n) is 7.85. The fraction of sp³-hybridized carbons (Fsp3) is 0.263. The third-order valence-electron chi connectivity index (χ3n) is 3.58. The molecule has 0 unspecified atom stereocenters. The number of carbonyl (C=O) groups is 1.